The molecular weight excluding hydrogens is 314 g/mol. The molecule has 0 spiro atoms. The normalized spacial score (nSPS) is 11.9. The summed E-state index contributed by atoms with van der Waals surface area (Å²) in [6.45, 7) is 6.79. The molecule has 1 unspecified atom stereocenters. The molecule has 2 aromatic carbocycles. The predicted molar refractivity (Wildman–Crippen MR) is 98.9 cm³/mol. The van der Waals surface area contributed by atoms with Crippen molar-refractivity contribution in [1.29, 1.82) is 0 Å². The van der Waals surface area contributed by atoms with Crippen LogP contribution in [0.15, 0.2) is 54.6 Å². The van der Waals surface area contributed by atoms with Gasteiger partial charge in [0.2, 0.25) is 0 Å². The van der Waals surface area contributed by atoms with Crippen LogP contribution in [0.1, 0.15) is 30.5 Å². The molecule has 0 radical (unpaired) electrons. The van der Waals surface area contributed by atoms with Gasteiger partial charge < -0.3 is 14.8 Å². The van der Waals surface area contributed by atoms with Gasteiger partial charge in [-0.05, 0) is 23.6 Å². The topological polar surface area (TPSA) is 47.6 Å². The average molecular weight is 341 g/mol. The number of rotatable bonds is 10. The van der Waals surface area contributed by atoms with Gasteiger partial charge in [-0.3, -0.25) is 4.79 Å². The second-order valence-electron chi connectivity index (χ2n) is 6.03. The highest BCUT2D eigenvalue weighted by Gasteiger charge is 2.14. The third kappa shape index (κ3) is 6.69. The van der Waals surface area contributed by atoms with Crippen LogP contribution in [0.4, 0.5) is 0 Å². The maximum atomic E-state index is 12.1. The van der Waals surface area contributed by atoms with Gasteiger partial charge in [0.25, 0.3) is 0 Å². The lowest BCUT2D eigenvalue weighted by molar-refractivity contribution is -0.149. The molecule has 25 heavy (non-hydrogen) atoms. The molecule has 0 amide bonds. The molecule has 1 atom stereocenters. The quantitative estimate of drug-likeness (QED) is 0.670. The van der Waals surface area contributed by atoms with Crippen molar-refractivity contribution in [2.45, 2.75) is 33.6 Å². The van der Waals surface area contributed by atoms with Crippen LogP contribution in [0, 0.1) is 5.92 Å². The summed E-state index contributed by atoms with van der Waals surface area (Å²) in [4.78, 5) is 12.1. The van der Waals surface area contributed by atoms with E-state index in [1.54, 1.807) is 0 Å². The van der Waals surface area contributed by atoms with Gasteiger partial charge in [0.1, 0.15) is 6.61 Å². The van der Waals surface area contributed by atoms with Gasteiger partial charge in [0.15, 0.2) is 0 Å². The minimum Gasteiger partial charge on any atom is -0.461 e. The molecule has 0 aliphatic rings. The van der Waals surface area contributed by atoms with Crippen LogP contribution in [0.2, 0.25) is 0 Å². The van der Waals surface area contributed by atoms with Crippen molar-refractivity contribution in [3.8, 4) is 0 Å². The van der Waals surface area contributed by atoms with Crippen molar-refractivity contribution in [2.24, 2.45) is 5.92 Å². The second kappa shape index (κ2) is 10.6. The minimum atomic E-state index is -0.192. The first-order valence-electron chi connectivity index (χ1n) is 8.76. The number of carbonyl (C=O) groups excluding carboxylic acids is 1. The van der Waals surface area contributed by atoms with Crippen molar-refractivity contribution >= 4 is 5.97 Å². The Morgan fingerprint density at radius 3 is 2.40 bits per heavy atom. The standard InChI is InChI=1S/C21H27NO3/c1-3-24-16-20-12-8-7-11-19(20)14-22-13-17(2)21(23)25-15-18-9-5-4-6-10-18/h4-12,17,22H,3,13-16H2,1-2H3. The number of ether oxygens (including phenoxy) is 2. The lowest BCUT2D eigenvalue weighted by atomic mass is 10.1. The zero-order valence-corrected chi connectivity index (χ0v) is 15.0. The fourth-order valence-corrected chi connectivity index (χ4v) is 2.46. The highest BCUT2D eigenvalue weighted by Crippen LogP contribution is 2.10. The second-order valence-corrected chi connectivity index (χ2v) is 6.03. The Hall–Kier alpha value is -2.17. The number of esters is 1. The Morgan fingerprint density at radius 1 is 1.00 bits per heavy atom. The van der Waals surface area contributed by atoms with Gasteiger partial charge in [-0.15, -0.1) is 0 Å². The molecule has 4 heteroatoms. The third-order valence-electron chi connectivity index (χ3n) is 3.97. The molecule has 0 aliphatic heterocycles. The summed E-state index contributed by atoms with van der Waals surface area (Å²) in [5.41, 5.74) is 3.37. The smallest absolute Gasteiger partial charge is 0.310 e. The van der Waals surface area contributed by atoms with E-state index in [4.69, 9.17) is 9.47 Å². The Kier molecular flexibility index (Phi) is 8.16. The zero-order chi connectivity index (χ0) is 17.9. The van der Waals surface area contributed by atoms with E-state index >= 15 is 0 Å². The highest BCUT2D eigenvalue weighted by atomic mass is 16.5. The molecule has 0 fully saturated rings. The summed E-state index contributed by atoms with van der Waals surface area (Å²) in [5.74, 6) is -0.373. The molecule has 2 rings (SSSR count). The molecule has 0 saturated heterocycles. The van der Waals surface area contributed by atoms with E-state index in [1.165, 1.54) is 11.1 Å². The number of hydrogen-bond donors (Lipinski definition) is 1. The Labute approximate surface area is 150 Å². The van der Waals surface area contributed by atoms with Crippen LogP contribution < -0.4 is 5.32 Å². The maximum absolute atomic E-state index is 12.1. The molecule has 4 nitrogen and oxygen atoms in total. The molecule has 1 N–H and O–H groups in total. The first-order chi connectivity index (χ1) is 12.2. The van der Waals surface area contributed by atoms with Gasteiger partial charge in [-0.2, -0.15) is 0 Å². The summed E-state index contributed by atoms with van der Waals surface area (Å²) in [7, 11) is 0. The molecular formula is C21H27NO3. The number of benzene rings is 2. The maximum Gasteiger partial charge on any atom is 0.310 e. The minimum absolute atomic E-state index is 0.182. The van der Waals surface area contributed by atoms with Gasteiger partial charge >= 0.3 is 5.97 Å². The first-order valence-corrected chi connectivity index (χ1v) is 8.76. The first kappa shape index (κ1) is 19.2. The molecule has 0 bridgehead atoms. The van der Waals surface area contributed by atoms with Crippen molar-refractivity contribution in [1.82, 2.24) is 5.32 Å². The van der Waals surface area contributed by atoms with E-state index in [9.17, 15) is 4.79 Å². The predicted octanol–water partition coefficient (Wildman–Crippen LogP) is 3.69. The molecule has 2 aromatic rings. The average Bonchev–Trinajstić information content (AvgIpc) is 2.66. The van der Waals surface area contributed by atoms with Crippen molar-refractivity contribution in [2.75, 3.05) is 13.2 Å². The van der Waals surface area contributed by atoms with Gasteiger partial charge in [0, 0.05) is 19.7 Å². The monoisotopic (exact) mass is 341 g/mol. The largest absolute Gasteiger partial charge is 0.461 e. The van der Waals surface area contributed by atoms with E-state index in [1.807, 2.05) is 56.3 Å². The van der Waals surface area contributed by atoms with Gasteiger partial charge in [-0.1, -0.05) is 61.5 Å². The number of nitrogens with one attached hydrogen (secondary N) is 1. The van der Waals surface area contributed by atoms with E-state index in [0.29, 0.717) is 32.9 Å². The summed E-state index contributed by atoms with van der Waals surface area (Å²) in [5, 5.41) is 3.34. The zero-order valence-electron chi connectivity index (χ0n) is 15.0. The van der Waals surface area contributed by atoms with E-state index in [-0.39, 0.29) is 11.9 Å². The molecule has 0 heterocycles. The van der Waals surface area contributed by atoms with Crippen molar-refractivity contribution in [3.05, 3.63) is 71.3 Å². The van der Waals surface area contributed by atoms with Crippen LogP contribution >= 0.6 is 0 Å². The van der Waals surface area contributed by atoms with Crippen LogP contribution in [0.25, 0.3) is 0 Å². The summed E-state index contributed by atoms with van der Waals surface area (Å²) in [6, 6.07) is 17.9. The number of hydrogen-bond acceptors (Lipinski definition) is 4. The number of carbonyl (C=O) groups is 1. The molecule has 0 saturated carbocycles. The summed E-state index contributed by atoms with van der Waals surface area (Å²) >= 11 is 0. The Bertz CT molecular complexity index is 643. The van der Waals surface area contributed by atoms with Crippen LogP contribution in [0.3, 0.4) is 0 Å². The summed E-state index contributed by atoms with van der Waals surface area (Å²) < 4.78 is 10.9. The van der Waals surface area contributed by atoms with Crippen LogP contribution in [-0.2, 0) is 34.0 Å². The molecule has 0 aliphatic carbocycles. The van der Waals surface area contributed by atoms with Gasteiger partial charge in [-0.25, -0.2) is 0 Å². The highest BCUT2D eigenvalue weighted by molar-refractivity contribution is 5.72. The molecule has 134 valence electrons. The van der Waals surface area contributed by atoms with E-state index < -0.39 is 0 Å². The van der Waals surface area contributed by atoms with E-state index in [0.717, 1.165) is 5.56 Å². The third-order valence-corrected chi connectivity index (χ3v) is 3.97. The van der Waals surface area contributed by atoms with Crippen LogP contribution in [-0.4, -0.2) is 19.1 Å². The fourth-order valence-electron chi connectivity index (χ4n) is 2.46. The summed E-state index contributed by atoms with van der Waals surface area (Å²) in [6.07, 6.45) is 0. The van der Waals surface area contributed by atoms with Crippen molar-refractivity contribution in [3.63, 3.8) is 0 Å². The van der Waals surface area contributed by atoms with Crippen LogP contribution in [0.5, 0.6) is 0 Å². The SMILES string of the molecule is CCOCc1ccccc1CNCC(C)C(=O)OCc1ccccc1. The van der Waals surface area contributed by atoms with E-state index in [2.05, 4.69) is 17.4 Å². The fraction of sp³-hybridized carbons (Fsp3) is 0.381. The lowest BCUT2D eigenvalue weighted by Crippen LogP contribution is -2.28. The Morgan fingerprint density at radius 2 is 1.68 bits per heavy atom. The van der Waals surface area contributed by atoms with Gasteiger partial charge in [0.05, 0.1) is 12.5 Å². The lowest BCUT2D eigenvalue weighted by Gasteiger charge is -2.14. The molecule has 0 aromatic heterocycles. The van der Waals surface area contributed by atoms with Crippen molar-refractivity contribution < 1.29 is 14.3 Å². The Balaban J connectivity index is 1.74.